The standard InChI is InChI=1S/C18H24N2/c1-4-13-11-15(10-12(3)18(13)20)17(5-2)14-6-8-16(19)9-7-14/h6-11,17H,4-5,19-20H2,1-3H3. The van der Waals surface area contributed by atoms with Crippen molar-refractivity contribution in [3.63, 3.8) is 0 Å². The molecule has 2 rings (SSSR count). The SMILES string of the molecule is CCc1cc(C(CC)c2ccc(N)cc2)cc(C)c1N. The summed E-state index contributed by atoms with van der Waals surface area (Å²) in [4.78, 5) is 0. The Hall–Kier alpha value is -1.96. The molecule has 0 heterocycles. The van der Waals surface area contributed by atoms with Crippen molar-refractivity contribution in [1.29, 1.82) is 0 Å². The Morgan fingerprint density at radius 2 is 1.60 bits per heavy atom. The second-order valence-electron chi connectivity index (χ2n) is 5.39. The Labute approximate surface area is 121 Å². The maximum Gasteiger partial charge on any atom is 0.0376 e. The average Bonchev–Trinajstić information content (AvgIpc) is 2.45. The second kappa shape index (κ2) is 6.00. The predicted molar refractivity (Wildman–Crippen MR) is 88.0 cm³/mol. The molecular weight excluding hydrogens is 244 g/mol. The molecule has 2 heteroatoms. The Balaban J connectivity index is 2.46. The first-order chi connectivity index (χ1) is 9.56. The van der Waals surface area contributed by atoms with Crippen LogP contribution in [0.15, 0.2) is 36.4 Å². The van der Waals surface area contributed by atoms with E-state index in [-0.39, 0.29) is 0 Å². The molecule has 4 N–H and O–H groups in total. The van der Waals surface area contributed by atoms with E-state index in [0.717, 1.165) is 24.2 Å². The van der Waals surface area contributed by atoms with Gasteiger partial charge in [0.15, 0.2) is 0 Å². The van der Waals surface area contributed by atoms with Gasteiger partial charge in [-0.05, 0) is 54.2 Å². The summed E-state index contributed by atoms with van der Waals surface area (Å²) in [6.07, 6.45) is 2.04. The number of nitrogens with two attached hydrogens (primary N) is 2. The van der Waals surface area contributed by atoms with Crippen molar-refractivity contribution in [2.75, 3.05) is 11.5 Å². The fraction of sp³-hybridized carbons (Fsp3) is 0.333. The highest BCUT2D eigenvalue weighted by Crippen LogP contribution is 2.32. The topological polar surface area (TPSA) is 52.0 Å². The number of rotatable bonds is 4. The number of hydrogen-bond acceptors (Lipinski definition) is 2. The van der Waals surface area contributed by atoms with Crippen molar-refractivity contribution in [3.8, 4) is 0 Å². The van der Waals surface area contributed by atoms with E-state index in [9.17, 15) is 0 Å². The van der Waals surface area contributed by atoms with Gasteiger partial charge in [-0.2, -0.15) is 0 Å². The molecule has 0 saturated heterocycles. The van der Waals surface area contributed by atoms with E-state index < -0.39 is 0 Å². The van der Waals surface area contributed by atoms with Crippen LogP contribution in [0.5, 0.6) is 0 Å². The van der Waals surface area contributed by atoms with Crippen molar-refractivity contribution in [1.82, 2.24) is 0 Å². The lowest BCUT2D eigenvalue weighted by Crippen LogP contribution is -2.04. The molecule has 0 spiro atoms. The molecular formula is C18H24N2. The van der Waals surface area contributed by atoms with E-state index in [1.54, 1.807) is 0 Å². The van der Waals surface area contributed by atoms with Crippen molar-refractivity contribution >= 4 is 11.4 Å². The molecule has 0 fully saturated rings. The van der Waals surface area contributed by atoms with Gasteiger partial charge in [-0.3, -0.25) is 0 Å². The molecule has 2 nitrogen and oxygen atoms in total. The first kappa shape index (κ1) is 14.4. The fourth-order valence-electron chi connectivity index (χ4n) is 2.79. The summed E-state index contributed by atoms with van der Waals surface area (Å²) in [6.45, 7) is 6.46. The molecule has 1 unspecified atom stereocenters. The van der Waals surface area contributed by atoms with E-state index in [2.05, 4.69) is 45.0 Å². The smallest absolute Gasteiger partial charge is 0.0376 e. The maximum absolute atomic E-state index is 6.15. The molecule has 0 aliphatic rings. The minimum atomic E-state index is 0.403. The number of anilines is 2. The Bertz CT molecular complexity index is 585. The van der Waals surface area contributed by atoms with Crippen LogP contribution in [-0.4, -0.2) is 0 Å². The molecule has 0 amide bonds. The van der Waals surface area contributed by atoms with Crippen LogP contribution in [0, 0.1) is 6.92 Å². The summed E-state index contributed by atoms with van der Waals surface area (Å²) in [5.41, 5.74) is 18.8. The zero-order chi connectivity index (χ0) is 14.7. The normalized spacial score (nSPS) is 12.3. The molecule has 0 aliphatic carbocycles. The van der Waals surface area contributed by atoms with Gasteiger partial charge >= 0.3 is 0 Å². The second-order valence-corrected chi connectivity index (χ2v) is 5.39. The van der Waals surface area contributed by atoms with Crippen LogP contribution in [0.3, 0.4) is 0 Å². The van der Waals surface area contributed by atoms with E-state index >= 15 is 0 Å². The van der Waals surface area contributed by atoms with Gasteiger partial charge in [0, 0.05) is 17.3 Å². The number of aryl methyl sites for hydroxylation is 2. The molecule has 2 aromatic rings. The van der Waals surface area contributed by atoms with E-state index in [0.29, 0.717) is 5.92 Å². The van der Waals surface area contributed by atoms with Gasteiger partial charge in [-0.15, -0.1) is 0 Å². The van der Waals surface area contributed by atoms with E-state index in [1.807, 2.05) is 12.1 Å². The number of benzene rings is 2. The number of nitrogen functional groups attached to an aromatic ring is 2. The molecule has 0 radical (unpaired) electrons. The summed E-state index contributed by atoms with van der Waals surface area (Å²) in [6, 6.07) is 12.7. The summed E-state index contributed by atoms with van der Waals surface area (Å²) in [5, 5.41) is 0. The molecule has 106 valence electrons. The highest BCUT2D eigenvalue weighted by molar-refractivity contribution is 5.56. The van der Waals surface area contributed by atoms with E-state index in [1.165, 1.54) is 22.3 Å². The van der Waals surface area contributed by atoms with Gasteiger partial charge in [0.1, 0.15) is 0 Å². The minimum Gasteiger partial charge on any atom is -0.399 e. The highest BCUT2D eigenvalue weighted by Gasteiger charge is 2.14. The lowest BCUT2D eigenvalue weighted by Gasteiger charge is -2.19. The number of hydrogen-bond donors (Lipinski definition) is 2. The maximum atomic E-state index is 6.15. The molecule has 2 aromatic carbocycles. The van der Waals surface area contributed by atoms with Gasteiger partial charge in [0.25, 0.3) is 0 Å². The summed E-state index contributed by atoms with van der Waals surface area (Å²) < 4.78 is 0. The Morgan fingerprint density at radius 1 is 0.950 bits per heavy atom. The van der Waals surface area contributed by atoms with Gasteiger partial charge < -0.3 is 11.5 Å². The first-order valence-corrected chi connectivity index (χ1v) is 7.31. The van der Waals surface area contributed by atoms with Gasteiger partial charge in [0.05, 0.1) is 0 Å². The van der Waals surface area contributed by atoms with Gasteiger partial charge in [0.2, 0.25) is 0 Å². The molecule has 1 atom stereocenters. The molecule has 0 saturated carbocycles. The van der Waals surface area contributed by atoms with Gasteiger partial charge in [-0.25, -0.2) is 0 Å². The van der Waals surface area contributed by atoms with Crippen LogP contribution >= 0.6 is 0 Å². The largest absolute Gasteiger partial charge is 0.399 e. The Morgan fingerprint density at radius 3 is 2.15 bits per heavy atom. The van der Waals surface area contributed by atoms with Crippen LogP contribution in [0.4, 0.5) is 11.4 Å². The Kier molecular flexibility index (Phi) is 4.33. The van der Waals surface area contributed by atoms with Crippen LogP contribution < -0.4 is 11.5 Å². The van der Waals surface area contributed by atoms with Crippen molar-refractivity contribution < 1.29 is 0 Å². The zero-order valence-corrected chi connectivity index (χ0v) is 12.6. The molecule has 20 heavy (non-hydrogen) atoms. The van der Waals surface area contributed by atoms with Crippen LogP contribution in [-0.2, 0) is 6.42 Å². The fourth-order valence-corrected chi connectivity index (χ4v) is 2.79. The van der Waals surface area contributed by atoms with Crippen LogP contribution in [0.2, 0.25) is 0 Å². The summed E-state index contributed by atoms with van der Waals surface area (Å²) in [5.74, 6) is 0.403. The van der Waals surface area contributed by atoms with Crippen LogP contribution in [0.25, 0.3) is 0 Å². The minimum absolute atomic E-state index is 0.403. The third kappa shape index (κ3) is 2.79. The van der Waals surface area contributed by atoms with Crippen molar-refractivity contribution in [2.45, 2.75) is 39.5 Å². The molecule has 0 bridgehead atoms. The molecule has 0 aromatic heterocycles. The van der Waals surface area contributed by atoms with Crippen molar-refractivity contribution in [3.05, 3.63) is 58.7 Å². The third-order valence-corrected chi connectivity index (χ3v) is 4.03. The van der Waals surface area contributed by atoms with Crippen molar-refractivity contribution in [2.24, 2.45) is 0 Å². The average molecular weight is 268 g/mol. The van der Waals surface area contributed by atoms with Crippen LogP contribution in [0.1, 0.15) is 48.4 Å². The third-order valence-electron chi connectivity index (χ3n) is 4.03. The quantitative estimate of drug-likeness (QED) is 0.814. The predicted octanol–water partition coefficient (Wildman–Crippen LogP) is 4.26. The summed E-state index contributed by atoms with van der Waals surface area (Å²) >= 11 is 0. The monoisotopic (exact) mass is 268 g/mol. The zero-order valence-electron chi connectivity index (χ0n) is 12.6. The summed E-state index contributed by atoms with van der Waals surface area (Å²) in [7, 11) is 0. The first-order valence-electron chi connectivity index (χ1n) is 7.31. The molecule has 0 aliphatic heterocycles. The highest BCUT2D eigenvalue weighted by atomic mass is 14.6. The lowest BCUT2D eigenvalue weighted by atomic mass is 9.86. The van der Waals surface area contributed by atoms with E-state index in [4.69, 9.17) is 11.5 Å². The lowest BCUT2D eigenvalue weighted by molar-refractivity contribution is 0.775. The van der Waals surface area contributed by atoms with Gasteiger partial charge in [-0.1, -0.05) is 38.1 Å².